The van der Waals surface area contributed by atoms with Crippen molar-refractivity contribution in [2.45, 2.75) is 13.5 Å². The zero-order valence-corrected chi connectivity index (χ0v) is 11.1. The van der Waals surface area contributed by atoms with E-state index in [2.05, 4.69) is 9.47 Å². The summed E-state index contributed by atoms with van der Waals surface area (Å²) in [5.41, 5.74) is -0.0291. The van der Waals surface area contributed by atoms with E-state index in [0.29, 0.717) is 0 Å². The maximum Gasteiger partial charge on any atom is 0.387 e. The first-order valence-electron chi connectivity index (χ1n) is 5.89. The maximum absolute atomic E-state index is 12.3. The number of hydrogen-bond acceptors (Lipinski definition) is 4. The number of alkyl halides is 2. The molecule has 0 atom stereocenters. The summed E-state index contributed by atoms with van der Waals surface area (Å²) < 4.78 is 33.4. The molecule has 20 heavy (non-hydrogen) atoms. The number of benzene rings is 1. The summed E-state index contributed by atoms with van der Waals surface area (Å²) in [6, 6.07) is 5.63. The fourth-order valence-corrected chi connectivity index (χ4v) is 1.56. The summed E-state index contributed by atoms with van der Waals surface area (Å²) in [5, 5.41) is 0. The Morgan fingerprint density at radius 1 is 1.30 bits per heavy atom. The molecule has 5 nitrogen and oxygen atoms in total. The van der Waals surface area contributed by atoms with Crippen molar-refractivity contribution < 1.29 is 27.8 Å². The monoisotopic (exact) mass is 287 g/mol. The standard InChI is InChI=1S/C13H15F2NO4/c1-3-16(8-11(17)19-2)12(18)9-6-4-5-7-10(9)20-13(14)15/h4-7,13H,3,8H2,1-2H3. The number of ether oxygens (including phenoxy) is 2. The number of likely N-dealkylation sites (N-methyl/N-ethyl adjacent to an activating group) is 1. The lowest BCUT2D eigenvalue weighted by Crippen LogP contribution is -2.36. The molecule has 0 spiro atoms. The number of halogens is 2. The van der Waals surface area contributed by atoms with Gasteiger partial charge in [0.25, 0.3) is 5.91 Å². The van der Waals surface area contributed by atoms with Gasteiger partial charge in [0.15, 0.2) is 0 Å². The van der Waals surface area contributed by atoms with Crippen LogP contribution in [0.2, 0.25) is 0 Å². The van der Waals surface area contributed by atoms with Gasteiger partial charge in [-0.2, -0.15) is 8.78 Å². The van der Waals surface area contributed by atoms with Gasteiger partial charge in [-0.3, -0.25) is 9.59 Å². The van der Waals surface area contributed by atoms with Crippen molar-refractivity contribution in [3.63, 3.8) is 0 Å². The van der Waals surface area contributed by atoms with Crippen LogP contribution >= 0.6 is 0 Å². The van der Waals surface area contributed by atoms with E-state index in [9.17, 15) is 18.4 Å². The zero-order chi connectivity index (χ0) is 15.1. The van der Waals surface area contributed by atoms with Crippen molar-refractivity contribution in [3.05, 3.63) is 29.8 Å². The van der Waals surface area contributed by atoms with Gasteiger partial charge in [-0.25, -0.2) is 0 Å². The van der Waals surface area contributed by atoms with Crippen LogP contribution in [0.5, 0.6) is 5.75 Å². The third-order valence-electron chi connectivity index (χ3n) is 2.55. The van der Waals surface area contributed by atoms with Gasteiger partial charge in [-0.15, -0.1) is 0 Å². The quantitative estimate of drug-likeness (QED) is 0.750. The summed E-state index contributed by atoms with van der Waals surface area (Å²) in [4.78, 5) is 24.6. The molecule has 7 heteroatoms. The Bertz CT molecular complexity index is 479. The molecule has 0 unspecified atom stereocenters. The molecule has 0 aliphatic heterocycles. The summed E-state index contributed by atoms with van der Waals surface area (Å²) in [5.74, 6) is -1.39. The summed E-state index contributed by atoms with van der Waals surface area (Å²) in [7, 11) is 1.20. The van der Waals surface area contributed by atoms with Gasteiger partial charge in [0.2, 0.25) is 0 Å². The minimum atomic E-state index is -3.03. The van der Waals surface area contributed by atoms with E-state index in [4.69, 9.17) is 0 Å². The molecule has 0 fully saturated rings. The van der Waals surface area contributed by atoms with Crippen LogP contribution in [-0.2, 0) is 9.53 Å². The van der Waals surface area contributed by atoms with E-state index < -0.39 is 18.5 Å². The minimum Gasteiger partial charge on any atom is -0.468 e. The fraction of sp³-hybridized carbons (Fsp3) is 0.385. The predicted octanol–water partition coefficient (Wildman–Crippen LogP) is 1.92. The topological polar surface area (TPSA) is 55.8 Å². The number of para-hydroxylation sites is 1. The largest absolute Gasteiger partial charge is 0.468 e. The lowest BCUT2D eigenvalue weighted by Gasteiger charge is -2.20. The summed E-state index contributed by atoms with van der Waals surface area (Å²) in [6.45, 7) is -1.39. The van der Waals surface area contributed by atoms with Crippen molar-refractivity contribution in [3.8, 4) is 5.75 Å². The van der Waals surface area contributed by atoms with Gasteiger partial charge in [-0.05, 0) is 19.1 Å². The van der Waals surface area contributed by atoms with Gasteiger partial charge in [0.05, 0.1) is 12.7 Å². The molecule has 1 aromatic carbocycles. The lowest BCUT2D eigenvalue weighted by molar-refractivity contribution is -0.141. The average Bonchev–Trinajstić information content (AvgIpc) is 2.43. The van der Waals surface area contributed by atoms with Gasteiger partial charge >= 0.3 is 12.6 Å². The fourth-order valence-electron chi connectivity index (χ4n) is 1.56. The highest BCUT2D eigenvalue weighted by atomic mass is 19.3. The Morgan fingerprint density at radius 3 is 2.50 bits per heavy atom. The highest BCUT2D eigenvalue weighted by Gasteiger charge is 2.22. The number of nitrogens with zero attached hydrogens (tertiary/aromatic N) is 1. The maximum atomic E-state index is 12.3. The second-order valence-corrected chi connectivity index (χ2v) is 3.77. The number of carbonyl (C=O) groups is 2. The highest BCUT2D eigenvalue weighted by Crippen LogP contribution is 2.21. The SMILES string of the molecule is CCN(CC(=O)OC)C(=O)c1ccccc1OC(F)F. The lowest BCUT2D eigenvalue weighted by atomic mass is 10.1. The normalized spacial score (nSPS) is 10.2. The van der Waals surface area contributed by atoms with Crippen LogP contribution < -0.4 is 4.74 Å². The molecule has 0 bridgehead atoms. The second-order valence-electron chi connectivity index (χ2n) is 3.77. The van der Waals surface area contributed by atoms with Crippen LogP contribution in [0.4, 0.5) is 8.78 Å². The van der Waals surface area contributed by atoms with E-state index in [-0.39, 0.29) is 24.4 Å². The Morgan fingerprint density at radius 2 is 1.95 bits per heavy atom. The van der Waals surface area contributed by atoms with Crippen molar-refractivity contribution in [1.82, 2.24) is 4.90 Å². The Hall–Kier alpha value is -2.18. The Balaban J connectivity index is 2.97. The molecule has 0 saturated carbocycles. The number of rotatable bonds is 6. The Kier molecular flexibility index (Phi) is 5.89. The molecule has 0 radical (unpaired) electrons. The molecule has 1 amide bonds. The smallest absolute Gasteiger partial charge is 0.387 e. The molecule has 0 aromatic heterocycles. The minimum absolute atomic E-state index is 0.0291. The number of amides is 1. The average molecular weight is 287 g/mol. The van der Waals surface area contributed by atoms with E-state index in [0.717, 1.165) is 0 Å². The molecule has 1 aromatic rings. The first kappa shape index (κ1) is 15.9. The van der Waals surface area contributed by atoms with E-state index in [1.807, 2.05) is 0 Å². The molecule has 0 aliphatic carbocycles. The van der Waals surface area contributed by atoms with Gasteiger partial charge in [0.1, 0.15) is 12.3 Å². The van der Waals surface area contributed by atoms with Gasteiger partial charge < -0.3 is 14.4 Å². The van der Waals surface area contributed by atoms with Crippen molar-refractivity contribution >= 4 is 11.9 Å². The zero-order valence-electron chi connectivity index (χ0n) is 11.1. The molecular formula is C13H15F2NO4. The van der Waals surface area contributed by atoms with Crippen molar-refractivity contribution in [1.29, 1.82) is 0 Å². The third-order valence-corrected chi connectivity index (χ3v) is 2.55. The van der Waals surface area contributed by atoms with E-state index >= 15 is 0 Å². The van der Waals surface area contributed by atoms with Crippen LogP contribution in [0.3, 0.4) is 0 Å². The van der Waals surface area contributed by atoms with Crippen molar-refractivity contribution in [2.75, 3.05) is 20.2 Å². The first-order valence-corrected chi connectivity index (χ1v) is 5.89. The van der Waals surface area contributed by atoms with Crippen LogP contribution in [0.15, 0.2) is 24.3 Å². The van der Waals surface area contributed by atoms with Crippen LogP contribution in [-0.4, -0.2) is 43.6 Å². The van der Waals surface area contributed by atoms with Crippen LogP contribution in [0.1, 0.15) is 17.3 Å². The van der Waals surface area contributed by atoms with E-state index in [1.165, 1.54) is 36.3 Å². The number of methoxy groups -OCH3 is 1. The third kappa shape index (κ3) is 4.18. The molecule has 0 aliphatic rings. The highest BCUT2D eigenvalue weighted by molar-refractivity contribution is 5.98. The molecule has 0 heterocycles. The van der Waals surface area contributed by atoms with Crippen molar-refractivity contribution in [2.24, 2.45) is 0 Å². The summed E-state index contributed by atoms with van der Waals surface area (Å²) in [6.07, 6.45) is 0. The Labute approximate surface area is 115 Å². The molecule has 110 valence electrons. The molecule has 0 N–H and O–H groups in total. The first-order chi connectivity index (χ1) is 9.49. The van der Waals surface area contributed by atoms with Gasteiger partial charge in [0, 0.05) is 6.54 Å². The molecule has 0 saturated heterocycles. The summed E-state index contributed by atoms with van der Waals surface area (Å²) >= 11 is 0. The number of hydrogen-bond donors (Lipinski definition) is 0. The van der Waals surface area contributed by atoms with Crippen LogP contribution in [0, 0.1) is 0 Å². The number of carbonyl (C=O) groups excluding carboxylic acids is 2. The number of esters is 1. The van der Waals surface area contributed by atoms with Gasteiger partial charge in [-0.1, -0.05) is 12.1 Å². The van der Waals surface area contributed by atoms with E-state index in [1.54, 1.807) is 6.92 Å². The molecule has 1 rings (SSSR count). The second kappa shape index (κ2) is 7.42. The van der Waals surface area contributed by atoms with Crippen LogP contribution in [0.25, 0.3) is 0 Å². The predicted molar refractivity (Wildman–Crippen MR) is 66.7 cm³/mol. The molecular weight excluding hydrogens is 272 g/mol.